The Balaban J connectivity index is 1.44. The van der Waals surface area contributed by atoms with Crippen LogP contribution in [-0.4, -0.2) is 57.8 Å². The van der Waals surface area contributed by atoms with Crippen LogP contribution in [0, 0.1) is 0 Å². The largest absolute Gasteiger partial charge is 0.336 e. The summed E-state index contributed by atoms with van der Waals surface area (Å²) < 4.78 is 2.01. The van der Waals surface area contributed by atoms with E-state index in [1.54, 1.807) is 5.57 Å². The summed E-state index contributed by atoms with van der Waals surface area (Å²) in [6.07, 6.45) is 13.7. The molecule has 1 aliphatic heterocycles. The van der Waals surface area contributed by atoms with Crippen LogP contribution in [-0.2, 0) is 19.4 Å². The van der Waals surface area contributed by atoms with Crippen molar-refractivity contribution < 1.29 is 4.79 Å². The van der Waals surface area contributed by atoms with Gasteiger partial charge in [-0.1, -0.05) is 17.7 Å². The number of nitrogens with zero attached hydrogens (tertiary/aromatic N) is 3. The van der Waals surface area contributed by atoms with Gasteiger partial charge >= 0.3 is 0 Å². The number of fused-ring (bicyclic) bond motifs is 1. The molecule has 4 rings (SSSR count). The average molecular weight is 415 g/mol. The highest BCUT2D eigenvalue weighted by atomic mass is 32.2. The smallest absolute Gasteiger partial charge is 0.274 e. The van der Waals surface area contributed by atoms with Gasteiger partial charge in [-0.15, -0.1) is 6.58 Å². The summed E-state index contributed by atoms with van der Waals surface area (Å²) in [5.41, 5.74) is 4.73. The first kappa shape index (κ1) is 20.7. The number of carbonyl (C=O) groups excluding carboxylic acids is 1. The number of hydrogen-bond acceptors (Lipinski definition) is 4. The van der Waals surface area contributed by atoms with Gasteiger partial charge in [0.1, 0.15) is 0 Å². The molecule has 0 spiro atoms. The van der Waals surface area contributed by atoms with E-state index in [1.165, 1.54) is 36.9 Å². The Morgan fingerprint density at radius 1 is 1.31 bits per heavy atom. The SMILES string of the molecule is C=CCn1nc(C(=O)N2CCSCC2)c2c1CCC(NCCC1=CCCCC1)C2. The van der Waals surface area contributed by atoms with Crippen molar-refractivity contribution >= 4 is 17.7 Å². The van der Waals surface area contributed by atoms with E-state index in [-0.39, 0.29) is 5.91 Å². The van der Waals surface area contributed by atoms with Gasteiger partial charge in [0.2, 0.25) is 0 Å². The molecule has 0 bridgehead atoms. The number of thioether (sulfide) groups is 1. The third kappa shape index (κ3) is 4.97. The molecule has 29 heavy (non-hydrogen) atoms. The lowest BCUT2D eigenvalue weighted by molar-refractivity contribution is 0.0764. The molecule has 1 fully saturated rings. The number of allylic oxidation sites excluding steroid dienone is 2. The van der Waals surface area contributed by atoms with E-state index in [2.05, 4.69) is 18.0 Å². The molecule has 1 unspecified atom stereocenters. The summed E-state index contributed by atoms with van der Waals surface area (Å²) >= 11 is 1.93. The zero-order chi connectivity index (χ0) is 20.1. The fourth-order valence-electron chi connectivity index (χ4n) is 4.79. The third-order valence-electron chi connectivity index (χ3n) is 6.41. The highest BCUT2D eigenvalue weighted by Gasteiger charge is 2.31. The maximum absolute atomic E-state index is 13.2. The number of rotatable bonds is 7. The van der Waals surface area contributed by atoms with E-state index in [9.17, 15) is 4.79 Å². The Morgan fingerprint density at radius 3 is 2.93 bits per heavy atom. The van der Waals surface area contributed by atoms with Crippen LogP contribution in [0.15, 0.2) is 24.3 Å². The van der Waals surface area contributed by atoms with Gasteiger partial charge in [0.05, 0.1) is 6.54 Å². The second kappa shape index (κ2) is 9.98. The maximum Gasteiger partial charge on any atom is 0.274 e. The van der Waals surface area contributed by atoms with Gasteiger partial charge in [0.15, 0.2) is 5.69 Å². The molecule has 1 N–H and O–H groups in total. The van der Waals surface area contributed by atoms with Crippen molar-refractivity contribution in [1.82, 2.24) is 20.0 Å². The minimum atomic E-state index is 0.123. The van der Waals surface area contributed by atoms with E-state index < -0.39 is 0 Å². The summed E-state index contributed by atoms with van der Waals surface area (Å²) in [4.78, 5) is 15.2. The lowest BCUT2D eigenvalue weighted by Crippen LogP contribution is -2.39. The molecule has 2 aliphatic carbocycles. The van der Waals surface area contributed by atoms with Crippen molar-refractivity contribution in [2.24, 2.45) is 0 Å². The van der Waals surface area contributed by atoms with E-state index in [4.69, 9.17) is 5.10 Å². The van der Waals surface area contributed by atoms with Gasteiger partial charge in [-0.2, -0.15) is 16.9 Å². The normalized spacial score (nSPS) is 22.1. The van der Waals surface area contributed by atoms with Crippen molar-refractivity contribution in [3.8, 4) is 0 Å². The van der Waals surface area contributed by atoms with Crippen molar-refractivity contribution in [1.29, 1.82) is 0 Å². The monoisotopic (exact) mass is 414 g/mol. The summed E-state index contributed by atoms with van der Waals surface area (Å²) in [6.45, 7) is 7.26. The van der Waals surface area contributed by atoms with Crippen LogP contribution in [0.4, 0.5) is 0 Å². The molecule has 1 amide bonds. The first-order chi connectivity index (χ1) is 14.3. The molecule has 0 saturated carbocycles. The van der Waals surface area contributed by atoms with Crippen LogP contribution in [0.2, 0.25) is 0 Å². The van der Waals surface area contributed by atoms with Crippen LogP contribution in [0.3, 0.4) is 0 Å². The van der Waals surface area contributed by atoms with Gasteiger partial charge in [-0.05, 0) is 57.9 Å². The summed E-state index contributed by atoms with van der Waals surface area (Å²) in [5.74, 6) is 2.18. The number of aromatic nitrogens is 2. The summed E-state index contributed by atoms with van der Waals surface area (Å²) in [6, 6.07) is 0.441. The van der Waals surface area contributed by atoms with Crippen LogP contribution >= 0.6 is 11.8 Å². The topological polar surface area (TPSA) is 50.2 Å². The first-order valence-corrected chi connectivity index (χ1v) is 12.4. The molecule has 0 radical (unpaired) electrons. The van der Waals surface area contributed by atoms with Crippen molar-refractivity contribution in [2.75, 3.05) is 31.1 Å². The van der Waals surface area contributed by atoms with Crippen LogP contribution in [0.25, 0.3) is 0 Å². The van der Waals surface area contributed by atoms with Gasteiger partial charge in [-0.3, -0.25) is 9.48 Å². The van der Waals surface area contributed by atoms with E-state index >= 15 is 0 Å². The van der Waals surface area contributed by atoms with E-state index in [0.29, 0.717) is 18.3 Å². The number of carbonyl (C=O) groups is 1. The third-order valence-corrected chi connectivity index (χ3v) is 7.36. The Hall–Kier alpha value is -1.53. The van der Waals surface area contributed by atoms with Gasteiger partial charge < -0.3 is 10.2 Å². The highest BCUT2D eigenvalue weighted by molar-refractivity contribution is 7.99. The van der Waals surface area contributed by atoms with Crippen LogP contribution < -0.4 is 5.32 Å². The molecule has 1 aromatic rings. The minimum absolute atomic E-state index is 0.123. The Bertz CT molecular complexity index is 763. The van der Waals surface area contributed by atoms with Gasteiger partial charge in [0, 0.05) is 41.9 Å². The van der Waals surface area contributed by atoms with E-state index in [0.717, 1.165) is 56.8 Å². The minimum Gasteiger partial charge on any atom is -0.336 e. The average Bonchev–Trinajstić information content (AvgIpc) is 3.13. The molecule has 1 atom stereocenters. The fraction of sp³-hybridized carbons (Fsp3) is 0.652. The second-order valence-corrected chi connectivity index (χ2v) is 9.63. The number of nitrogens with one attached hydrogen (secondary N) is 1. The maximum atomic E-state index is 13.2. The standard InChI is InChI=1S/C23H34N4OS/c1-2-12-27-21-9-8-19(24-11-10-18-6-4-3-5-7-18)17-20(21)22(25-27)23(28)26-13-15-29-16-14-26/h2,6,19,24H,1,3-5,7-17H2. The molecule has 6 heteroatoms. The van der Waals surface area contributed by atoms with Crippen LogP contribution in [0.1, 0.15) is 60.3 Å². The zero-order valence-corrected chi connectivity index (χ0v) is 18.3. The predicted molar refractivity (Wildman–Crippen MR) is 121 cm³/mol. The summed E-state index contributed by atoms with van der Waals surface area (Å²) in [5, 5.41) is 8.53. The molecule has 2 heterocycles. The fourth-order valence-corrected chi connectivity index (χ4v) is 5.69. The lowest BCUT2D eigenvalue weighted by atomic mass is 9.90. The Kier molecular flexibility index (Phi) is 7.14. The molecule has 1 saturated heterocycles. The Morgan fingerprint density at radius 2 is 2.17 bits per heavy atom. The van der Waals surface area contributed by atoms with Crippen molar-refractivity contribution in [3.63, 3.8) is 0 Å². The quantitative estimate of drug-likeness (QED) is 0.693. The number of amides is 1. The first-order valence-electron chi connectivity index (χ1n) is 11.2. The highest BCUT2D eigenvalue weighted by Crippen LogP contribution is 2.27. The predicted octanol–water partition coefficient (Wildman–Crippen LogP) is 3.60. The molecular weight excluding hydrogens is 380 g/mol. The molecular formula is C23H34N4OS. The van der Waals surface area contributed by atoms with Gasteiger partial charge in [-0.25, -0.2) is 0 Å². The molecule has 158 valence electrons. The number of hydrogen-bond donors (Lipinski definition) is 1. The van der Waals surface area contributed by atoms with E-state index in [1.807, 2.05) is 27.4 Å². The zero-order valence-electron chi connectivity index (χ0n) is 17.5. The van der Waals surface area contributed by atoms with Crippen LogP contribution in [0.5, 0.6) is 0 Å². The molecule has 0 aromatic carbocycles. The van der Waals surface area contributed by atoms with Gasteiger partial charge in [0.25, 0.3) is 5.91 Å². The van der Waals surface area contributed by atoms with Crippen molar-refractivity contribution in [3.05, 3.63) is 41.3 Å². The molecule has 1 aromatic heterocycles. The Labute approximate surface area is 179 Å². The molecule has 3 aliphatic rings. The summed E-state index contributed by atoms with van der Waals surface area (Å²) in [7, 11) is 0. The second-order valence-electron chi connectivity index (χ2n) is 8.40. The lowest BCUT2D eigenvalue weighted by Gasteiger charge is -2.27. The molecule has 5 nitrogen and oxygen atoms in total. The van der Waals surface area contributed by atoms with Crippen molar-refractivity contribution in [2.45, 2.75) is 64.0 Å².